The molecule has 0 bridgehead atoms. The van der Waals surface area contributed by atoms with Crippen molar-refractivity contribution in [2.75, 3.05) is 6.61 Å². The quantitative estimate of drug-likeness (QED) is 0.872. The highest BCUT2D eigenvalue weighted by molar-refractivity contribution is 5.79. The van der Waals surface area contributed by atoms with Gasteiger partial charge in [-0.05, 0) is 30.5 Å². The fourth-order valence-corrected chi connectivity index (χ4v) is 2.95. The van der Waals surface area contributed by atoms with Crippen LogP contribution in [-0.4, -0.2) is 30.0 Å². The maximum Gasteiger partial charge on any atom is 0.573 e. The van der Waals surface area contributed by atoms with Crippen LogP contribution in [0.25, 0.3) is 0 Å². The van der Waals surface area contributed by atoms with Crippen LogP contribution in [0.15, 0.2) is 24.3 Å². The van der Waals surface area contributed by atoms with Gasteiger partial charge in [0.25, 0.3) is 0 Å². The smallest absolute Gasteiger partial charge is 0.406 e. The van der Waals surface area contributed by atoms with Gasteiger partial charge in [0.15, 0.2) is 0 Å². The van der Waals surface area contributed by atoms with Gasteiger partial charge in [-0.15, -0.1) is 13.2 Å². The topological polar surface area (TPSA) is 58.6 Å². The molecule has 1 saturated carbocycles. The van der Waals surface area contributed by atoms with Gasteiger partial charge < -0.3 is 15.2 Å². The van der Waals surface area contributed by atoms with Crippen molar-refractivity contribution in [2.45, 2.75) is 45.0 Å². The number of rotatable bonds is 5. The number of hydrogen-bond acceptors (Lipinski definition) is 3. The second kappa shape index (κ2) is 6.78. The Balaban J connectivity index is 1.97. The average molecular weight is 331 g/mol. The normalized spacial score (nSPS) is 24.5. The molecule has 1 aromatic rings. The molecule has 0 radical (unpaired) electrons. The summed E-state index contributed by atoms with van der Waals surface area (Å²) in [6.07, 6.45) is -2.24. The summed E-state index contributed by atoms with van der Waals surface area (Å²) in [5, 5.41) is 12.3. The molecule has 0 aliphatic heterocycles. The van der Waals surface area contributed by atoms with E-state index < -0.39 is 6.36 Å². The van der Waals surface area contributed by atoms with Crippen molar-refractivity contribution in [3.05, 3.63) is 29.8 Å². The Kier molecular flexibility index (Phi) is 5.19. The zero-order valence-corrected chi connectivity index (χ0v) is 12.8. The summed E-state index contributed by atoms with van der Waals surface area (Å²) in [6, 6.07) is 5.26. The first-order valence-corrected chi connectivity index (χ1v) is 7.47. The number of benzene rings is 1. The van der Waals surface area contributed by atoms with Crippen LogP contribution in [0.2, 0.25) is 0 Å². The van der Waals surface area contributed by atoms with Crippen LogP contribution in [0.1, 0.15) is 31.7 Å². The summed E-state index contributed by atoms with van der Waals surface area (Å²) in [5.74, 6) is -0.621. The van der Waals surface area contributed by atoms with E-state index in [1.807, 2.05) is 6.92 Å². The van der Waals surface area contributed by atoms with Crippen molar-refractivity contribution in [1.29, 1.82) is 0 Å². The lowest BCUT2D eigenvalue weighted by atomic mass is 9.85. The zero-order valence-electron chi connectivity index (χ0n) is 12.8. The molecular formula is C16H20F3NO3. The van der Waals surface area contributed by atoms with Crippen LogP contribution in [0.4, 0.5) is 13.2 Å². The van der Waals surface area contributed by atoms with Gasteiger partial charge in [-0.2, -0.15) is 0 Å². The number of amides is 1. The fourth-order valence-electron chi connectivity index (χ4n) is 2.95. The Morgan fingerprint density at radius 2 is 2.22 bits per heavy atom. The maximum absolute atomic E-state index is 12.2. The highest BCUT2D eigenvalue weighted by atomic mass is 19.4. The third kappa shape index (κ3) is 4.86. The summed E-state index contributed by atoms with van der Waals surface area (Å²) < 4.78 is 40.5. The highest BCUT2D eigenvalue weighted by Gasteiger charge is 2.39. The van der Waals surface area contributed by atoms with E-state index in [0.29, 0.717) is 5.56 Å². The molecule has 4 nitrogen and oxygen atoms in total. The van der Waals surface area contributed by atoms with Gasteiger partial charge in [-0.1, -0.05) is 25.5 Å². The standard InChI is InChI=1S/C16H20F3NO3/c1-15(10-21)7-3-6-13(15)20-14(22)9-11-4-2-5-12(8-11)23-16(17,18)19/h2,4-5,8,13,21H,3,6-7,9-10H2,1H3,(H,20,22). The van der Waals surface area contributed by atoms with Gasteiger partial charge in [0.1, 0.15) is 5.75 Å². The molecule has 2 N–H and O–H groups in total. The summed E-state index contributed by atoms with van der Waals surface area (Å²) in [5.41, 5.74) is 0.102. The number of aliphatic hydroxyl groups is 1. The fraction of sp³-hybridized carbons (Fsp3) is 0.562. The minimum atomic E-state index is -4.76. The van der Waals surface area contributed by atoms with Gasteiger partial charge in [-0.25, -0.2) is 0 Å². The molecule has 0 heterocycles. The monoisotopic (exact) mass is 331 g/mol. The summed E-state index contributed by atoms with van der Waals surface area (Å²) in [4.78, 5) is 12.1. The number of halogens is 3. The number of alkyl halides is 3. The molecule has 0 aromatic heterocycles. The van der Waals surface area contributed by atoms with E-state index in [4.69, 9.17) is 0 Å². The van der Waals surface area contributed by atoms with Crippen molar-refractivity contribution in [2.24, 2.45) is 5.41 Å². The maximum atomic E-state index is 12.2. The lowest BCUT2D eigenvalue weighted by Gasteiger charge is -2.30. The van der Waals surface area contributed by atoms with Crippen LogP contribution in [0.5, 0.6) is 5.75 Å². The molecule has 1 aliphatic rings. The Bertz CT molecular complexity index is 562. The Morgan fingerprint density at radius 3 is 2.87 bits per heavy atom. The lowest BCUT2D eigenvalue weighted by molar-refractivity contribution is -0.274. The van der Waals surface area contributed by atoms with E-state index in [1.165, 1.54) is 18.2 Å². The minimum Gasteiger partial charge on any atom is -0.406 e. The molecule has 2 atom stereocenters. The first-order chi connectivity index (χ1) is 10.7. The summed E-state index contributed by atoms with van der Waals surface area (Å²) in [7, 11) is 0. The third-order valence-corrected chi connectivity index (χ3v) is 4.28. The molecule has 2 rings (SSSR count). The van der Waals surface area contributed by atoms with Crippen LogP contribution >= 0.6 is 0 Å². The number of nitrogens with one attached hydrogen (secondary N) is 1. The largest absolute Gasteiger partial charge is 0.573 e. The SMILES string of the molecule is CC1(CO)CCCC1NC(=O)Cc1cccc(OC(F)(F)F)c1. The molecule has 128 valence electrons. The van der Waals surface area contributed by atoms with E-state index in [9.17, 15) is 23.1 Å². The van der Waals surface area contributed by atoms with Crippen LogP contribution in [0.3, 0.4) is 0 Å². The van der Waals surface area contributed by atoms with E-state index in [0.717, 1.165) is 19.3 Å². The van der Waals surface area contributed by atoms with Gasteiger partial charge >= 0.3 is 6.36 Å². The Morgan fingerprint density at radius 1 is 1.48 bits per heavy atom. The van der Waals surface area contributed by atoms with E-state index in [-0.39, 0.29) is 36.1 Å². The molecule has 1 amide bonds. The molecule has 1 fully saturated rings. The van der Waals surface area contributed by atoms with Gasteiger partial charge in [0.05, 0.1) is 13.0 Å². The number of carbonyl (C=O) groups excluding carboxylic acids is 1. The zero-order chi connectivity index (χ0) is 17.1. The third-order valence-electron chi connectivity index (χ3n) is 4.28. The predicted octanol–water partition coefficient (Wildman–Crippen LogP) is 2.80. The number of carbonyl (C=O) groups is 1. The second-order valence-electron chi connectivity index (χ2n) is 6.20. The average Bonchev–Trinajstić information content (AvgIpc) is 2.79. The van der Waals surface area contributed by atoms with Crippen molar-refractivity contribution in [3.8, 4) is 5.75 Å². The van der Waals surface area contributed by atoms with E-state index >= 15 is 0 Å². The number of ether oxygens (including phenoxy) is 1. The second-order valence-corrected chi connectivity index (χ2v) is 6.20. The highest BCUT2D eigenvalue weighted by Crippen LogP contribution is 2.37. The minimum absolute atomic E-state index is 0.00709. The summed E-state index contributed by atoms with van der Waals surface area (Å²) >= 11 is 0. The van der Waals surface area contributed by atoms with Crippen molar-refractivity contribution < 1.29 is 27.8 Å². The predicted molar refractivity (Wildman–Crippen MR) is 77.8 cm³/mol. The molecule has 0 spiro atoms. The van der Waals surface area contributed by atoms with E-state index in [1.54, 1.807) is 6.07 Å². The van der Waals surface area contributed by atoms with Crippen molar-refractivity contribution >= 4 is 5.91 Å². The van der Waals surface area contributed by atoms with Gasteiger partial charge in [0.2, 0.25) is 5.91 Å². The molecule has 0 saturated heterocycles. The lowest BCUT2D eigenvalue weighted by Crippen LogP contribution is -2.45. The van der Waals surface area contributed by atoms with Gasteiger partial charge in [-0.3, -0.25) is 4.79 Å². The Labute approximate surface area is 132 Å². The molecule has 2 unspecified atom stereocenters. The molecule has 1 aliphatic carbocycles. The van der Waals surface area contributed by atoms with E-state index in [2.05, 4.69) is 10.1 Å². The van der Waals surface area contributed by atoms with Crippen molar-refractivity contribution in [1.82, 2.24) is 5.32 Å². The molecular weight excluding hydrogens is 311 g/mol. The van der Waals surface area contributed by atoms with Crippen LogP contribution < -0.4 is 10.1 Å². The number of hydrogen-bond donors (Lipinski definition) is 2. The van der Waals surface area contributed by atoms with Crippen LogP contribution in [0, 0.1) is 5.41 Å². The molecule has 1 aromatic carbocycles. The first-order valence-electron chi connectivity index (χ1n) is 7.47. The van der Waals surface area contributed by atoms with Gasteiger partial charge in [0, 0.05) is 11.5 Å². The number of aliphatic hydroxyl groups excluding tert-OH is 1. The first kappa shape index (κ1) is 17.6. The van der Waals surface area contributed by atoms with Crippen LogP contribution in [-0.2, 0) is 11.2 Å². The Hall–Kier alpha value is -1.76. The van der Waals surface area contributed by atoms with Crippen molar-refractivity contribution in [3.63, 3.8) is 0 Å². The summed E-state index contributed by atoms with van der Waals surface area (Å²) in [6.45, 7) is 1.91. The molecule has 23 heavy (non-hydrogen) atoms. The molecule has 7 heteroatoms.